The molecule has 8 heteroatoms. The van der Waals surface area contributed by atoms with Crippen molar-refractivity contribution in [3.05, 3.63) is 47.8 Å². The highest BCUT2D eigenvalue weighted by Gasteiger charge is 2.60. The van der Waals surface area contributed by atoms with Crippen LogP contribution in [-0.4, -0.2) is 28.8 Å². The Morgan fingerprint density at radius 3 is 2.44 bits per heavy atom. The second kappa shape index (κ2) is 6.61. The highest BCUT2D eigenvalue weighted by Crippen LogP contribution is 2.67. The normalized spacial score (nSPS) is 32.6. The van der Waals surface area contributed by atoms with Crippen LogP contribution < -0.4 is 5.32 Å². The van der Waals surface area contributed by atoms with Crippen molar-refractivity contribution < 1.29 is 8.42 Å². The predicted molar refractivity (Wildman–Crippen MR) is 134 cm³/mol. The van der Waals surface area contributed by atoms with E-state index in [-0.39, 0.29) is 15.5 Å². The van der Waals surface area contributed by atoms with Gasteiger partial charge in [0, 0.05) is 5.54 Å². The number of aromatic nitrogens is 3. The van der Waals surface area contributed by atoms with Crippen molar-refractivity contribution in [2.24, 2.45) is 16.7 Å². The van der Waals surface area contributed by atoms with E-state index in [2.05, 4.69) is 29.5 Å². The van der Waals surface area contributed by atoms with Crippen LogP contribution in [0.3, 0.4) is 0 Å². The Bertz CT molecular complexity index is 1540. The van der Waals surface area contributed by atoms with Crippen LogP contribution in [-0.2, 0) is 9.84 Å². The van der Waals surface area contributed by atoms with Crippen LogP contribution in [0.4, 0.5) is 5.69 Å². The molecule has 4 saturated carbocycles. The van der Waals surface area contributed by atoms with Crippen molar-refractivity contribution in [3.8, 4) is 0 Å². The molecule has 0 saturated heterocycles. The zero-order valence-corrected chi connectivity index (χ0v) is 21.0. The zero-order chi connectivity index (χ0) is 23.3. The van der Waals surface area contributed by atoms with Crippen LogP contribution in [0, 0.1) is 16.7 Å². The van der Waals surface area contributed by atoms with Gasteiger partial charge in [0.2, 0.25) is 14.9 Å². The number of pyridine rings is 1. The molecule has 4 fully saturated rings. The van der Waals surface area contributed by atoms with Gasteiger partial charge in [-0.3, -0.25) is 0 Å². The first-order chi connectivity index (χ1) is 16.2. The van der Waals surface area contributed by atoms with E-state index in [1.54, 1.807) is 40.1 Å². The fourth-order valence-corrected chi connectivity index (χ4v) is 10.5. The van der Waals surface area contributed by atoms with Crippen LogP contribution >= 0.6 is 11.3 Å². The van der Waals surface area contributed by atoms with Crippen LogP contribution in [0.15, 0.2) is 57.8 Å². The minimum Gasteiger partial charge on any atom is -0.378 e. The van der Waals surface area contributed by atoms with Gasteiger partial charge >= 0.3 is 0 Å². The maximum Gasteiger partial charge on any atom is 0.227 e. The number of nitrogens with zero attached hydrogens (tertiary/aromatic N) is 3. The minimum atomic E-state index is -3.78. The molecule has 1 N–H and O–H groups in total. The third kappa shape index (κ3) is 2.94. The monoisotopic (exact) mass is 492 g/mol. The van der Waals surface area contributed by atoms with Gasteiger partial charge in [-0.15, -0.1) is 16.4 Å². The molecule has 0 spiro atoms. The lowest BCUT2D eigenvalue weighted by atomic mass is 9.43. The molecule has 0 radical (unpaired) electrons. The number of sulfone groups is 1. The summed E-state index contributed by atoms with van der Waals surface area (Å²) in [6.45, 7) is 4.95. The average Bonchev–Trinajstić information content (AvgIpc) is 3.39. The summed E-state index contributed by atoms with van der Waals surface area (Å²) in [4.78, 5) is 0.235. The molecule has 4 aliphatic rings. The quantitative estimate of drug-likeness (QED) is 0.382. The molecule has 4 bridgehead atoms. The summed E-state index contributed by atoms with van der Waals surface area (Å²) in [7, 11) is -3.78. The summed E-state index contributed by atoms with van der Waals surface area (Å²) in [5.74, 6) is 0.770. The smallest absolute Gasteiger partial charge is 0.227 e. The molecule has 0 amide bonds. The van der Waals surface area contributed by atoms with Gasteiger partial charge in [0.25, 0.3) is 0 Å². The molecular formula is C26H28N4O2S2. The van der Waals surface area contributed by atoms with Crippen LogP contribution in [0.5, 0.6) is 0 Å². The fourth-order valence-electron chi connectivity index (χ4n) is 8.32. The highest BCUT2D eigenvalue weighted by atomic mass is 32.2. The average molecular weight is 493 g/mol. The van der Waals surface area contributed by atoms with Crippen LogP contribution in [0.25, 0.3) is 15.7 Å². The molecule has 4 aromatic rings. The number of thiophene rings is 1. The predicted octanol–water partition coefficient (Wildman–Crippen LogP) is 5.94. The summed E-state index contributed by atoms with van der Waals surface area (Å²) in [5.41, 5.74) is 3.27. The second-order valence-corrected chi connectivity index (χ2v) is 14.5. The van der Waals surface area contributed by atoms with Gasteiger partial charge in [-0.05, 0) is 84.9 Å². The summed E-state index contributed by atoms with van der Waals surface area (Å²) in [5, 5.41) is 14.5. The molecule has 1 aromatic carbocycles. The molecule has 3 aromatic heterocycles. The van der Waals surface area contributed by atoms with Crippen molar-refractivity contribution in [1.29, 1.82) is 0 Å². The Kier molecular flexibility index (Phi) is 4.06. The topological polar surface area (TPSA) is 76.4 Å². The van der Waals surface area contributed by atoms with Gasteiger partial charge in [-0.1, -0.05) is 37.3 Å². The molecular weight excluding hydrogens is 464 g/mol. The van der Waals surface area contributed by atoms with Gasteiger partial charge < -0.3 is 5.32 Å². The van der Waals surface area contributed by atoms with Gasteiger partial charge in [0.05, 0.1) is 20.8 Å². The maximum atomic E-state index is 13.5. The molecule has 3 heterocycles. The SMILES string of the molecule is C[C@]12CC3CC(Nc4cc5c(S(=O)(=O)c6ccccc6)nnn5c5ccsc45)(C1)C[C@@](C)(C3)C2. The van der Waals surface area contributed by atoms with E-state index in [1.807, 2.05) is 23.6 Å². The molecule has 34 heavy (non-hydrogen) atoms. The first-order valence-corrected chi connectivity index (χ1v) is 14.4. The second-order valence-electron chi connectivity index (χ2n) is 11.7. The van der Waals surface area contributed by atoms with E-state index in [0.29, 0.717) is 16.3 Å². The van der Waals surface area contributed by atoms with Crippen LogP contribution in [0.2, 0.25) is 0 Å². The molecule has 0 aliphatic heterocycles. The first kappa shape index (κ1) is 20.9. The Hall–Kier alpha value is -2.45. The van der Waals surface area contributed by atoms with E-state index < -0.39 is 9.84 Å². The number of nitrogens with one attached hydrogen (secondary N) is 1. The summed E-state index contributed by atoms with van der Waals surface area (Å²) < 4.78 is 29.7. The minimum absolute atomic E-state index is 0.0132. The molecule has 6 nitrogen and oxygen atoms in total. The maximum absolute atomic E-state index is 13.5. The van der Waals surface area contributed by atoms with Crippen molar-refractivity contribution in [2.45, 2.75) is 67.8 Å². The number of hydrogen-bond acceptors (Lipinski definition) is 6. The molecule has 8 rings (SSSR count). The van der Waals surface area contributed by atoms with E-state index in [4.69, 9.17) is 0 Å². The number of anilines is 1. The highest BCUT2D eigenvalue weighted by molar-refractivity contribution is 7.91. The fraction of sp³-hybridized carbons (Fsp3) is 0.462. The molecule has 4 atom stereocenters. The van der Waals surface area contributed by atoms with Gasteiger partial charge in [-0.2, -0.15) is 0 Å². The number of rotatable bonds is 4. The number of hydrogen-bond donors (Lipinski definition) is 1. The van der Waals surface area contributed by atoms with E-state index in [0.717, 1.165) is 21.8 Å². The van der Waals surface area contributed by atoms with E-state index in [1.165, 1.54) is 38.5 Å². The lowest BCUT2D eigenvalue weighted by molar-refractivity contribution is -0.0972. The van der Waals surface area contributed by atoms with Crippen molar-refractivity contribution in [3.63, 3.8) is 0 Å². The number of benzene rings is 1. The lowest BCUT2D eigenvalue weighted by Gasteiger charge is -2.65. The first-order valence-electron chi connectivity index (χ1n) is 12.0. The Morgan fingerprint density at radius 1 is 1.00 bits per heavy atom. The van der Waals surface area contributed by atoms with E-state index >= 15 is 0 Å². The third-order valence-corrected chi connectivity index (χ3v) is 11.0. The lowest BCUT2D eigenvalue weighted by Crippen LogP contribution is -2.61. The molecule has 176 valence electrons. The van der Waals surface area contributed by atoms with Gasteiger partial charge in [0.15, 0.2) is 0 Å². The summed E-state index contributed by atoms with van der Waals surface area (Å²) in [6, 6.07) is 12.5. The largest absolute Gasteiger partial charge is 0.378 e. The number of fused-ring (bicyclic) bond motifs is 3. The van der Waals surface area contributed by atoms with Gasteiger partial charge in [-0.25, -0.2) is 12.9 Å². The Labute approximate surface area is 203 Å². The van der Waals surface area contributed by atoms with E-state index in [9.17, 15) is 8.42 Å². The van der Waals surface area contributed by atoms with Crippen LogP contribution in [0.1, 0.15) is 52.4 Å². The third-order valence-electron chi connectivity index (χ3n) is 8.40. The summed E-state index contributed by atoms with van der Waals surface area (Å²) >= 11 is 1.67. The Balaban J connectivity index is 1.38. The standard InChI is InChI=1S/C26H28N4O2S2/c1-24-11-17-12-25(2,14-24)16-26(13-17,15-24)27-19-10-21-23(34(31,32)18-6-4-3-5-7-18)28-29-30(21)20-8-9-33-22(19)20/h3-10,17,27H,11-16H2,1-2H3/t17?,24-,25+,26?. The van der Waals surface area contributed by atoms with Crippen molar-refractivity contribution in [1.82, 2.24) is 14.8 Å². The van der Waals surface area contributed by atoms with Crippen molar-refractivity contribution >= 4 is 42.6 Å². The summed E-state index contributed by atoms with van der Waals surface area (Å²) in [6.07, 6.45) is 7.55. The zero-order valence-electron chi connectivity index (χ0n) is 19.4. The molecule has 4 aliphatic carbocycles. The Morgan fingerprint density at radius 2 is 1.74 bits per heavy atom. The molecule has 2 unspecified atom stereocenters. The van der Waals surface area contributed by atoms with Crippen molar-refractivity contribution in [2.75, 3.05) is 5.32 Å². The van der Waals surface area contributed by atoms with Gasteiger partial charge in [0.1, 0.15) is 5.52 Å².